The number of hydrogen-bond donors (Lipinski definition) is 1. The molecule has 1 aliphatic rings. The van der Waals surface area contributed by atoms with Crippen molar-refractivity contribution in [1.82, 2.24) is 5.32 Å². The van der Waals surface area contributed by atoms with Gasteiger partial charge in [0.05, 0.1) is 0 Å². The van der Waals surface area contributed by atoms with Gasteiger partial charge >= 0.3 is 6.18 Å². The lowest BCUT2D eigenvalue weighted by atomic mass is 10.0. The predicted molar refractivity (Wildman–Crippen MR) is 65.5 cm³/mol. The average molecular weight is 265 g/mol. The molecule has 0 aromatic carbocycles. The van der Waals surface area contributed by atoms with Crippen LogP contribution in [0, 0.1) is 0 Å². The highest BCUT2D eigenvalue weighted by molar-refractivity contribution is 5.15. The van der Waals surface area contributed by atoms with Crippen molar-refractivity contribution in [1.29, 1.82) is 0 Å². The molecule has 0 saturated carbocycles. The molecule has 106 valence electrons. The van der Waals surface area contributed by atoms with Gasteiger partial charge in [-0.1, -0.05) is 18.6 Å². The zero-order chi connectivity index (χ0) is 13.4. The molecule has 2 nitrogen and oxygen atoms in total. The molecule has 0 bridgehead atoms. The van der Waals surface area contributed by atoms with E-state index in [9.17, 15) is 13.2 Å². The Labute approximate surface area is 107 Å². The van der Waals surface area contributed by atoms with E-state index in [1.165, 1.54) is 5.57 Å². The molecule has 0 heterocycles. The van der Waals surface area contributed by atoms with E-state index in [1.807, 2.05) is 0 Å². The molecule has 18 heavy (non-hydrogen) atoms. The first-order valence-corrected chi connectivity index (χ1v) is 6.59. The quantitative estimate of drug-likeness (QED) is 0.536. The lowest BCUT2D eigenvalue weighted by Gasteiger charge is -2.20. The van der Waals surface area contributed by atoms with Crippen LogP contribution in [0.5, 0.6) is 0 Å². The minimum Gasteiger partial charge on any atom is -0.372 e. The molecule has 0 fully saturated rings. The van der Waals surface area contributed by atoms with Crippen LogP contribution in [0.3, 0.4) is 0 Å². The smallest absolute Gasteiger partial charge is 0.372 e. The number of ether oxygens (including phenoxy) is 1. The van der Waals surface area contributed by atoms with Gasteiger partial charge in [0.1, 0.15) is 6.61 Å². The van der Waals surface area contributed by atoms with Crippen LogP contribution < -0.4 is 5.32 Å². The highest BCUT2D eigenvalue weighted by atomic mass is 19.4. The topological polar surface area (TPSA) is 21.3 Å². The number of rotatable bonds is 8. The number of hydrogen-bond acceptors (Lipinski definition) is 2. The fourth-order valence-corrected chi connectivity index (χ4v) is 2.14. The van der Waals surface area contributed by atoms with Gasteiger partial charge in [0.15, 0.2) is 0 Å². The lowest BCUT2D eigenvalue weighted by molar-refractivity contribution is -0.174. The first-order chi connectivity index (χ1) is 8.53. The molecule has 1 rings (SSSR count). The molecule has 1 atom stereocenters. The minimum atomic E-state index is -4.22. The zero-order valence-electron chi connectivity index (χ0n) is 10.9. The third kappa shape index (κ3) is 6.40. The van der Waals surface area contributed by atoms with E-state index in [0.717, 1.165) is 32.2 Å². The maximum absolute atomic E-state index is 11.9. The Morgan fingerprint density at radius 2 is 2.22 bits per heavy atom. The maximum Gasteiger partial charge on any atom is 0.411 e. The molecule has 0 aromatic heterocycles. The highest BCUT2D eigenvalue weighted by Crippen LogP contribution is 2.23. The van der Waals surface area contributed by atoms with Crippen molar-refractivity contribution in [3.63, 3.8) is 0 Å². The van der Waals surface area contributed by atoms with Gasteiger partial charge in [-0.05, 0) is 38.6 Å². The second-order valence-corrected chi connectivity index (χ2v) is 4.63. The molecule has 1 N–H and O–H groups in total. The maximum atomic E-state index is 11.9. The summed E-state index contributed by atoms with van der Waals surface area (Å²) >= 11 is 0. The van der Waals surface area contributed by atoms with E-state index in [4.69, 9.17) is 0 Å². The minimum absolute atomic E-state index is 0.151. The summed E-state index contributed by atoms with van der Waals surface area (Å²) < 4.78 is 40.5. The monoisotopic (exact) mass is 265 g/mol. The predicted octanol–water partition coefficient (Wildman–Crippen LogP) is 3.43. The Morgan fingerprint density at radius 3 is 2.78 bits per heavy atom. The summed E-state index contributed by atoms with van der Waals surface area (Å²) in [6, 6.07) is 0.181. The molecule has 0 aromatic rings. The van der Waals surface area contributed by atoms with Crippen LogP contribution >= 0.6 is 0 Å². The molecule has 0 saturated heterocycles. The van der Waals surface area contributed by atoms with E-state index in [-0.39, 0.29) is 12.6 Å². The molecule has 1 aliphatic carbocycles. The second kappa shape index (κ2) is 7.79. The largest absolute Gasteiger partial charge is 0.411 e. The van der Waals surface area contributed by atoms with Crippen molar-refractivity contribution < 1.29 is 17.9 Å². The molecule has 0 spiro atoms. The van der Waals surface area contributed by atoms with Gasteiger partial charge in [0.25, 0.3) is 0 Å². The third-order valence-corrected chi connectivity index (χ3v) is 2.98. The van der Waals surface area contributed by atoms with Gasteiger partial charge in [-0.15, -0.1) is 0 Å². The molecular weight excluding hydrogens is 243 g/mol. The van der Waals surface area contributed by atoms with E-state index >= 15 is 0 Å². The normalized spacial score (nSPS) is 17.9. The van der Waals surface area contributed by atoms with Gasteiger partial charge in [0, 0.05) is 12.6 Å². The third-order valence-electron chi connectivity index (χ3n) is 2.98. The van der Waals surface area contributed by atoms with Crippen LogP contribution in [-0.4, -0.2) is 32.0 Å². The van der Waals surface area contributed by atoms with Crippen LogP contribution in [0.2, 0.25) is 0 Å². The first-order valence-electron chi connectivity index (χ1n) is 6.59. The summed E-state index contributed by atoms with van der Waals surface area (Å²) in [6.07, 6.45) is 2.91. The van der Waals surface area contributed by atoms with Gasteiger partial charge in [-0.25, -0.2) is 0 Å². The fourth-order valence-electron chi connectivity index (χ4n) is 2.14. The van der Waals surface area contributed by atoms with Gasteiger partial charge in [0.2, 0.25) is 0 Å². The molecule has 0 amide bonds. The summed E-state index contributed by atoms with van der Waals surface area (Å²) in [6.45, 7) is 1.97. The van der Waals surface area contributed by atoms with Crippen LogP contribution in [0.1, 0.15) is 39.0 Å². The van der Waals surface area contributed by atoms with Crippen molar-refractivity contribution in [2.45, 2.75) is 51.2 Å². The van der Waals surface area contributed by atoms with Crippen molar-refractivity contribution in [3.8, 4) is 0 Å². The standard InChI is InChI=1S/C13H22F3NO/c1-2-8-17-12(11-5-3-4-6-11)7-9-18-10-13(14,15)16/h5,12,17H,2-4,6-10H2,1H3. The van der Waals surface area contributed by atoms with Crippen molar-refractivity contribution in [2.24, 2.45) is 0 Å². The Hall–Kier alpha value is -0.550. The molecule has 0 aliphatic heterocycles. The summed E-state index contributed by atoms with van der Waals surface area (Å²) in [5.74, 6) is 0. The Morgan fingerprint density at radius 1 is 1.44 bits per heavy atom. The van der Waals surface area contributed by atoms with Gasteiger partial charge in [-0.2, -0.15) is 13.2 Å². The van der Waals surface area contributed by atoms with Crippen molar-refractivity contribution >= 4 is 0 Å². The van der Waals surface area contributed by atoms with Crippen LogP contribution in [0.25, 0.3) is 0 Å². The SMILES string of the molecule is CCCNC(CCOCC(F)(F)F)C1=CCCC1. The first kappa shape index (κ1) is 15.5. The second-order valence-electron chi connectivity index (χ2n) is 4.63. The molecule has 0 radical (unpaired) electrons. The van der Waals surface area contributed by atoms with Crippen LogP contribution in [0.15, 0.2) is 11.6 Å². The Balaban J connectivity index is 2.28. The highest BCUT2D eigenvalue weighted by Gasteiger charge is 2.27. The van der Waals surface area contributed by atoms with Crippen molar-refractivity contribution in [3.05, 3.63) is 11.6 Å². The van der Waals surface area contributed by atoms with E-state index < -0.39 is 12.8 Å². The zero-order valence-corrected chi connectivity index (χ0v) is 10.9. The van der Waals surface area contributed by atoms with Crippen molar-refractivity contribution in [2.75, 3.05) is 19.8 Å². The Kier molecular flexibility index (Phi) is 6.71. The molecular formula is C13H22F3NO. The van der Waals surface area contributed by atoms with Crippen LogP contribution in [0.4, 0.5) is 13.2 Å². The average Bonchev–Trinajstić information content (AvgIpc) is 2.80. The summed E-state index contributed by atoms with van der Waals surface area (Å²) in [5, 5.41) is 3.38. The summed E-state index contributed by atoms with van der Waals surface area (Å²) in [4.78, 5) is 0. The molecule has 1 unspecified atom stereocenters. The van der Waals surface area contributed by atoms with E-state index in [0.29, 0.717) is 6.42 Å². The van der Waals surface area contributed by atoms with E-state index in [2.05, 4.69) is 23.1 Å². The molecule has 5 heteroatoms. The van der Waals surface area contributed by atoms with E-state index in [1.54, 1.807) is 0 Å². The number of allylic oxidation sites excluding steroid dienone is 1. The lowest BCUT2D eigenvalue weighted by Crippen LogP contribution is -2.33. The summed E-state index contributed by atoms with van der Waals surface area (Å²) in [5.41, 5.74) is 1.33. The fraction of sp³-hybridized carbons (Fsp3) is 0.846. The summed E-state index contributed by atoms with van der Waals surface area (Å²) in [7, 11) is 0. The van der Waals surface area contributed by atoms with Gasteiger partial charge < -0.3 is 10.1 Å². The number of nitrogens with one attached hydrogen (secondary N) is 1. The van der Waals surface area contributed by atoms with Gasteiger partial charge in [-0.3, -0.25) is 0 Å². The Bertz CT molecular complexity index is 263. The van der Waals surface area contributed by atoms with Crippen LogP contribution in [-0.2, 0) is 4.74 Å². The number of alkyl halides is 3. The number of halogens is 3.